The lowest BCUT2D eigenvalue weighted by atomic mass is 9.98. The van der Waals surface area contributed by atoms with E-state index in [1.54, 1.807) is 0 Å². The molecule has 7 nitrogen and oxygen atoms in total. The maximum Gasteiger partial charge on any atom is 0.411 e. The minimum absolute atomic E-state index is 0.0180. The highest BCUT2D eigenvalue weighted by Gasteiger charge is 2.29. The van der Waals surface area contributed by atoms with E-state index >= 15 is 0 Å². The fourth-order valence-electron chi connectivity index (χ4n) is 4.06. The van der Waals surface area contributed by atoms with Crippen LogP contribution in [0.25, 0.3) is 11.1 Å². The van der Waals surface area contributed by atoms with Crippen molar-refractivity contribution in [3.8, 4) is 11.1 Å². The maximum atomic E-state index is 14.9. The smallest absolute Gasteiger partial charge is 0.411 e. The summed E-state index contributed by atoms with van der Waals surface area (Å²) in [4.78, 5) is 36.2. The summed E-state index contributed by atoms with van der Waals surface area (Å²) in [6.07, 6.45) is -0.982. The molecule has 0 unspecified atom stereocenters. The number of aliphatic carboxylic acids is 1. The van der Waals surface area contributed by atoms with Gasteiger partial charge in [-0.3, -0.25) is 14.9 Å². The Morgan fingerprint density at radius 1 is 0.971 bits per heavy atom. The Labute approximate surface area is 193 Å². The van der Waals surface area contributed by atoms with E-state index in [1.165, 1.54) is 0 Å². The van der Waals surface area contributed by atoms with Crippen molar-refractivity contribution in [3.05, 3.63) is 89.0 Å². The number of anilines is 1. The number of ether oxygens (including phenoxy) is 1. The number of amides is 2. The molecule has 34 heavy (non-hydrogen) atoms. The first-order valence-electron chi connectivity index (χ1n) is 10.3. The molecule has 0 atom stereocenters. The summed E-state index contributed by atoms with van der Waals surface area (Å²) in [5, 5.41) is 11.0. The van der Waals surface area contributed by atoms with Gasteiger partial charge in [0.2, 0.25) is 0 Å². The van der Waals surface area contributed by atoms with Gasteiger partial charge in [0.1, 0.15) is 24.5 Å². The van der Waals surface area contributed by atoms with Crippen LogP contribution < -0.4 is 5.32 Å². The molecular weight excluding hydrogens is 446 g/mol. The van der Waals surface area contributed by atoms with Crippen molar-refractivity contribution in [1.29, 1.82) is 0 Å². The van der Waals surface area contributed by atoms with E-state index in [4.69, 9.17) is 9.84 Å². The molecule has 0 spiro atoms. The molecule has 1 aliphatic carbocycles. The van der Waals surface area contributed by atoms with E-state index in [-0.39, 0.29) is 12.5 Å². The van der Waals surface area contributed by atoms with Crippen LogP contribution in [0.4, 0.5) is 19.3 Å². The molecule has 4 rings (SSSR count). The van der Waals surface area contributed by atoms with Crippen LogP contribution in [-0.2, 0) is 9.53 Å². The largest absolute Gasteiger partial charge is 0.480 e. The van der Waals surface area contributed by atoms with E-state index in [2.05, 4.69) is 5.32 Å². The topological polar surface area (TPSA) is 95.9 Å². The molecule has 0 fully saturated rings. The number of halogens is 2. The Balaban J connectivity index is 1.49. The fourth-order valence-corrected chi connectivity index (χ4v) is 4.06. The third-order valence-corrected chi connectivity index (χ3v) is 5.60. The first kappa shape index (κ1) is 22.9. The minimum atomic E-state index is -1.34. The lowest BCUT2D eigenvalue weighted by molar-refractivity contribution is -0.137. The van der Waals surface area contributed by atoms with Crippen molar-refractivity contribution in [2.45, 2.75) is 5.92 Å². The number of hydrogen-bond acceptors (Lipinski definition) is 4. The van der Waals surface area contributed by atoms with Crippen LogP contribution in [0, 0.1) is 11.6 Å². The van der Waals surface area contributed by atoms with Crippen molar-refractivity contribution in [2.75, 3.05) is 25.5 Å². The summed E-state index contributed by atoms with van der Waals surface area (Å²) in [5.74, 6) is -5.23. The average molecular weight is 466 g/mol. The van der Waals surface area contributed by atoms with E-state index in [0.717, 1.165) is 41.4 Å². The van der Waals surface area contributed by atoms with Crippen LogP contribution in [0.2, 0.25) is 0 Å². The number of carbonyl (C=O) groups excluding carboxylic acids is 2. The molecule has 0 aliphatic heterocycles. The van der Waals surface area contributed by atoms with Crippen LogP contribution in [0.1, 0.15) is 27.4 Å². The summed E-state index contributed by atoms with van der Waals surface area (Å²) in [6, 6.07) is 17.3. The molecule has 0 aromatic heterocycles. The Morgan fingerprint density at radius 2 is 1.56 bits per heavy atom. The lowest BCUT2D eigenvalue weighted by Crippen LogP contribution is -2.33. The van der Waals surface area contributed by atoms with E-state index in [9.17, 15) is 23.2 Å². The first-order valence-corrected chi connectivity index (χ1v) is 10.3. The van der Waals surface area contributed by atoms with Crippen LogP contribution in [0.3, 0.4) is 0 Å². The summed E-state index contributed by atoms with van der Waals surface area (Å²) < 4.78 is 34.4. The first-order chi connectivity index (χ1) is 16.3. The normalized spacial score (nSPS) is 12.0. The fraction of sp³-hybridized carbons (Fsp3) is 0.160. The zero-order valence-corrected chi connectivity index (χ0v) is 18.0. The van der Waals surface area contributed by atoms with Gasteiger partial charge in [0.05, 0.1) is 5.69 Å². The number of nitrogens with one attached hydrogen (secondary N) is 1. The Morgan fingerprint density at radius 3 is 2.15 bits per heavy atom. The predicted molar refractivity (Wildman–Crippen MR) is 120 cm³/mol. The van der Waals surface area contributed by atoms with Gasteiger partial charge < -0.3 is 14.7 Å². The molecule has 2 N–H and O–H groups in total. The van der Waals surface area contributed by atoms with Crippen LogP contribution >= 0.6 is 0 Å². The van der Waals surface area contributed by atoms with E-state index in [1.807, 2.05) is 48.5 Å². The third kappa shape index (κ3) is 4.32. The highest BCUT2D eigenvalue weighted by Crippen LogP contribution is 2.44. The molecule has 0 radical (unpaired) electrons. The maximum absolute atomic E-state index is 14.9. The quantitative estimate of drug-likeness (QED) is 0.559. The number of likely N-dealkylation sites (N-methyl/N-ethyl adjacent to an activating group) is 1. The van der Waals surface area contributed by atoms with Crippen molar-refractivity contribution in [1.82, 2.24) is 4.90 Å². The second-order valence-corrected chi connectivity index (χ2v) is 7.79. The number of hydrogen-bond donors (Lipinski definition) is 2. The Hall–Kier alpha value is -4.27. The summed E-state index contributed by atoms with van der Waals surface area (Å²) in [6.45, 7) is -0.766. The predicted octanol–water partition coefficient (Wildman–Crippen LogP) is 4.48. The number of nitrogens with zero attached hydrogens (tertiary/aromatic N) is 1. The molecule has 0 saturated carbocycles. The second-order valence-electron chi connectivity index (χ2n) is 7.79. The van der Waals surface area contributed by atoms with Gasteiger partial charge in [-0.1, -0.05) is 48.5 Å². The number of fused-ring (bicyclic) bond motifs is 3. The van der Waals surface area contributed by atoms with Gasteiger partial charge in [0.25, 0.3) is 5.91 Å². The number of carbonyl (C=O) groups is 3. The minimum Gasteiger partial charge on any atom is -0.480 e. The van der Waals surface area contributed by atoms with Crippen molar-refractivity contribution in [3.63, 3.8) is 0 Å². The molecular formula is C25H20F2N2O5. The van der Waals surface area contributed by atoms with Crippen molar-refractivity contribution < 1.29 is 33.0 Å². The van der Waals surface area contributed by atoms with Crippen LogP contribution in [-0.4, -0.2) is 48.2 Å². The van der Waals surface area contributed by atoms with Crippen LogP contribution in [0.15, 0.2) is 60.7 Å². The van der Waals surface area contributed by atoms with E-state index in [0.29, 0.717) is 4.90 Å². The molecule has 1 aliphatic rings. The molecule has 3 aromatic carbocycles. The molecule has 0 heterocycles. The van der Waals surface area contributed by atoms with Gasteiger partial charge in [-0.25, -0.2) is 13.6 Å². The highest BCUT2D eigenvalue weighted by molar-refractivity contribution is 5.98. The van der Waals surface area contributed by atoms with Crippen molar-refractivity contribution in [2.24, 2.45) is 0 Å². The molecule has 174 valence electrons. The standard InChI is InChI=1S/C25H20F2N2O5/c1-29(12-21(30)31)24(32)22-19(26)10-11-20(23(22)27)28-25(33)34-13-18-16-8-4-2-6-14(16)15-7-3-5-9-17(15)18/h2-11,18H,12-13H2,1H3,(H,28,33)(H,30,31). The third-order valence-electron chi connectivity index (χ3n) is 5.60. The summed E-state index contributed by atoms with van der Waals surface area (Å²) in [7, 11) is 1.10. The number of carboxylic acid groups (broad SMARTS) is 1. The van der Waals surface area contributed by atoms with Gasteiger partial charge in [-0.2, -0.15) is 0 Å². The Kier molecular flexibility index (Phi) is 6.27. The van der Waals surface area contributed by atoms with Gasteiger partial charge in [0.15, 0.2) is 5.82 Å². The van der Waals surface area contributed by atoms with Crippen molar-refractivity contribution >= 4 is 23.7 Å². The van der Waals surface area contributed by atoms with Crippen LogP contribution in [0.5, 0.6) is 0 Å². The molecule has 2 amide bonds. The average Bonchev–Trinajstić information content (AvgIpc) is 3.13. The van der Waals surface area contributed by atoms with Gasteiger partial charge in [-0.15, -0.1) is 0 Å². The number of benzene rings is 3. The molecule has 0 saturated heterocycles. The zero-order chi connectivity index (χ0) is 24.4. The van der Waals surface area contributed by atoms with E-state index < -0.39 is 47.4 Å². The SMILES string of the molecule is CN(CC(=O)O)C(=O)c1c(F)ccc(NC(=O)OCC2c3ccccc3-c3ccccc32)c1F. The van der Waals surface area contributed by atoms with Gasteiger partial charge in [-0.05, 0) is 34.4 Å². The Bertz CT molecular complexity index is 1250. The molecule has 3 aromatic rings. The summed E-state index contributed by atoms with van der Waals surface area (Å²) in [5.41, 5.74) is 2.65. The molecule has 0 bridgehead atoms. The second kappa shape index (κ2) is 9.30. The monoisotopic (exact) mass is 466 g/mol. The number of rotatable bonds is 6. The van der Waals surface area contributed by atoms with Gasteiger partial charge >= 0.3 is 12.1 Å². The van der Waals surface area contributed by atoms with Gasteiger partial charge in [0, 0.05) is 13.0 Å². The summed E-state index contributed by atoms with van der Waals surface area (Å²) >= 11 is 0. The lowest BCUT2D eigenvalue weighted by Gasteiger charge is -2.17. The molecule has 9 heteroatoms. The highest BCUT2D eigenvalue weighted by atomic mass is 19.1. The zero-order valence-electron chi connectivity index (χ0n) is 18.0. The number of carboxylic acids is 1.